The van der Waals surface area contributed by atoms with E-state index in [4.69, 9.17) is 10.2 Å². The van der Waals surface area contributed by atoms with Gasteiger partial charge < -0.3 is 10.2 Å². The van der Waals surface area contributed by atoms with E-state index in [9.17, 15) is 4.79 Å². The molecule has 0 rings (SSSR count). The van der Waals surface area contributed by atoms with Crippen molar-refractivity contribution >= 4 is 26.7 Å². The minimum Gasteiger partial charge on any atom is -0.519 e. The summed E-state index contributed by atoms with van der Waals surface area (Å²) in [6.07, 6.45) is 0.905. The number of carbonyl (C=O) groups excluding carboxylic acids is 1. The van der Waals surface area contributed by atoms with Gasteiger partial charge in [-0.3, -0.25) is 4.79 Å². The molecule has 2 unspecified atom stereocenters. The zero-order valence-corrected chi connectivity index (χ0v) is 11.5. The van der Waals surface area contributed by atoms with Crippen molar-refractivity contribution in [3.63, 3.8) is 0 Å². The molecule has 0 bridgehead atoms. The lowest BCUT2D eigenvalue weighted by Crippen LogP contribution is -2.43. The first kappa shape index (κ1) is 16.4. The smallest absolute Gasteiger partial charge is 0.309 e. The molecule has 0 aromatic heterocycles. The largest absolute Gasteiger partial charge is 0.519 e. The molecule has 0 aliphatic rings. The molecule has 2 N–H and O–H groups in total. The van der Waals surface area contributed by atoms with Gasteiger partial charge in [0.1, 0.15) is 6.04 Å². The van der Waals surface area contributed by atoms with Crippen LogP contribution >= 0.6 is 12.4 Å². The zero-order valence-electron chi connectivity index (χ0n) is 9.66. The van der Waals surface area contributed by atoms with Crippen molar-refractivity contribution < 1.29 is 9.22 Å². The Kier molecular flexibility index (Phi) is 7.51. The van der Waals surface area contributed by atoms with Crippen LogP contribution in [0.15, 0.2) is 0 Å². The highest BCUT2D eigenvalue weighted by Crippen LogP contribution is 2.10. The molecule has 2 atom stereocenters. The highest BCUT2D eigenvalue weighted by atomic mass is 35.5. The minimum absolute atomic E-state index is 0. The molecule has 0 amide bonds. The van der Waals surface area contributed by atoms with Gasteiger partial charge in [0.15, 0.2) is 0 Å². The Morgan fingerprint density at radius 3 is 2.14 bits per heavy atom. The van der Waals surface area contributed by atoms with Crippen molar-refractivity contribution in [1.29, 1.82) is 0 Å². The molecule has 86 valence electrons. The first-order valence-electron chi connectivity index (χ1n) is 4.76. The SMILES string of the molecule is CCC(C)C(N)C(=O)O[Si](C)(C)C.Cl. The van der Waals surface area contributed by atoms with Crippen LogP contribution in [0.5, 0.6) is 0 Å². The predicted octanol–water partition coefficient (Wildman–Crippen LogP) is 2.16. The van der Waals surface area contributed by atoms with Gasteiger partial charge in [0.2, 0.25) is 8.32 Å². The average molecular weight is 240 g/mol. The monoisotopic (exact) mass is 239 g/mol. The Hall–Kier alpha value is -0.0631. The topological polar surface area (TPSA) is 52.3 Å². The van der Waals surface area contributed by atoms with E-state index >= 15 is 0 Å². The number of nitrogens with two attached hydrogens (primary N) is 1. The second-order valence-electron chi connectivity index (χ2n) is 4.44. The molecule has 0 aliphatic heterocycles. The van der Waals surface area contributed by atoms with Crippen molar-refractivity contribution in [1.82, 2.24) is 0 Å². The molecule has 0 spiro atoms. The molecule has 0 aromatic rings. The second-order valence-corrected chi connectivity index (χ2v) is 8.87. The molecule has 0 aliphatic carbocycles. The molecule has 3 nitrogen and oxygen atoms in total. The minimum atomic E-state index is -1.77. The van der Waals surface area contributed by atoms with E-state index in [0.717, 1.165) is 6.42 Å². The van der Waals surface area contributed by atoms with E-state index in [1.165, 1.54) is 0 Å². The van der Waals surface area contributed by atoms with Crippen molar-refractivity contribution in [3.8, 4) is 0 Å². The molecule has 0 radical (unpaired) electrons. The summed E-state index contributed by atoms with van der Waals surface area (Å²) in [7, 11) is -1.77. The Bertz CT molecular complexity index is 182. The lowest BCUT2D eigenvalue weighted by atomic mass is 10.0. The van der Waals surface area contributed by atoms with Crippen LogP contribution in [0.2, 0.25) is 19.6 Å². The lowest BCUT2D eigenvalue weighted by molar-refractivity contribution is -0.137. The molecule has 14 heavy (non-hydrogen) atoms. The number of carbonyl (C=O) groups is 1. The summed E-state index contributed by atoms with van der Waals surface area (Å²) in [5.41, 5.74) is 5.73. The molecule has 0 aromatic carbocycles. The first-order chi connectivity index (χ1) is 5.78. The summed E-state index contributed by atoms with van der Waals surface area (Å²) in [4.78, 5) is 11.4. The maximum atomic E-state index is 11.4. The third-order valence-corrected chi connectivity index (χ3v) is 2.75. The van der Waals surface area contributed by atoms with Crippen LogP contribution in [0.4, 0.5) is 0 Å². The summed E-state index contributed by atoms with van der Waals surface area (Å²) in [6.45, 7) is 9.93. The fourth-order valence-corrected chi connectivity index (χ4v) is 1.60. The van der Waals surface area contributed by atoms with Crippen LogP contribution in [0.3, 0.4) is 0 Å². The molecule has 0 heterocycles. The van der Waals surface area contributed by atoms with Crippen molar-refractivity contribution in [2.45, 2.75) is 46.0 Å². The van der Waals surface area contributed by atoms with Gasteiger partial charge in [-0.1, -0.05) is 20.3 Å². The molecular formula is C9H22ClNO2Si. The summed E-state index contributed by atoms with van der Waals surface area (Å²) in [5, 5.41) is 0. The summed E-state index contributed by atoms with van der Waals surface area (Å²) < 4.78 is 5.30. The molecule has 5 heteroatoms. The van der Waals surface area contributed by atoms with Gasteiger partial charge >= 0.3 is 5.97 Å². The van der Waals surface area contributed by atoms with E-state index in [1.807, 2.05) is 33.5 Å². The highest BCUT2D eigenvalue weighted by Gasteiger charge is 2.26. The molecular weight excluding hydrogens is 218 g/mol. The maximum absolute atomic E-state index is 11.4. The van der Waals surface area contributed by atoms with Crippen LogP contribution in [0.1, 0.15) is 20.3 Å². The maximum Gasteiger partial charge on any atom is 0.309 e. The van der Waals surface area contributed by atoms with Gasteiger partial charge in [-0.05, 0) is 25.6 Å². The Balaban J connectivity index is 0. The van der Waals surface area contributed by atoms with Gasteiger partial charge in [-0.25, -0.2) is 0 Å². The average Bonchev–Trinajstić information content (AvgIpc) is 1.98. The van der Waals surface area contributed by atoms with Gasteiger partial charge in [-0.15, -0.1) is 12.4 Å². The van der Waals surface area contributed by atoms with E-state index < -0.39 is 14.4 Å². The highest BCUT2D eigenvalue weighted by molar-refractivity contribution is 6.71. The van der Waals surface area contributed by atoms with Crippen molar-refractivity contribution in [3.05, 3.63) is 0 Å². The fraction of sp³-hybridized carbons (Fsp3) is 0.889. The van der Waals surface area contributed by atoms with Crippen LogP contribution in [0, 0.1) is 5.92 Å². The fourth-order valence-electron chi connectivity index (χ4n) is 0.856. The van der Waals surface area contributed by atoms with Gasteiger partial charge in [-0.2, -0.15) is 0 Å². The van der Waals surface area contributed by atoms with E-state index in [1.54, 1.807) is 0 Å². The zero-order chi connectivity index (χ0) is 10.6. The third kappa shape index (κ3) is 6.40. The summed E-state index contributed by atoms with van der Waals surface area (Å²) in [6, 6.07) is -0.461. The number of hydrogen-bond donors (Lipinski definition) is 1. The quantitative estimate of drug-likeness (QED) is 0.765. The van der Waals surface area contributed by atoms with Crippen LogP contribution < -0.4 is 5.73 Å². The van der Waals surface area contributed by atoms with Crippen molar-refractivity contribution in [2.75, 3.05) is 0 Å². The lowest BCUT2D eigenvalue weighted by Gasteiger charge is -2.23. The standard InChI is InChI=1S/C9H21NO2Si.ClH/c1-6-7(2)8(10)9(11)12-13(3,4)5;/h7-8H,6,10H2,1-5H3;1H. The third-order valence-electron chi connectivity index (χ3n) is 1.94. The molecule has 0 fully saturated rings. The van der Waals surface area contributed by atoms with Crippen LogP contribution in [0.25, 0.3) is 0 Å². The first-order valence-corrected chi connectivity index (χ1v) is 8.17. The molecule has 0 saturated carbocycles. The van der Waals surface area contributed by atoms with Gasteiger partial charge in [0.05, 0.1) is 0 Å². The van der Waals surface area contributed by atoms with E-state index in [2.05, 4.69) is 0 Å². The van der Waals surface area contributed by atoms with Crippen LogP contribution in [-0.4, -0.2) is 20.3 Å². The van der Waals surface area contributed by atoms with Gasteiger partial charge in [0.25, 0.3) is 0 Å². The summed E-state index contributed by atoms with van der Waals surface area (Å²) in [5.74, 6) is -0.0441. The predicted molar refractivity (Wildman–Crippen MR) is 64.1 cm³/mol. The van der Waals surface area contributed by atoms with Gasteiger partial charge in [0, 0.05) is 0 Å². The van der Waals surface area contributed by atoms with E-state index in [0.29, 0.717) is 0 Å². The number of halogens is 1. The second kappa shape index (κ2) is 6.43. The Labute approximate surface area is 93.9 Å². The van der Waals surface area contributed by atoms with Crippen molar-refractivity contribution in [2.24, 2.45) is 11.7 Å². The van der Waals surface area contributed by atoms with Crippen LogP contribution in [-0.2, 0) is 9.22 Å². The summed E-state index contributed by atoms with van der Waals surface area (Å²) >= 11 is 0. The number of hydrogen-bond acceptors (Lipinski definition) is 3. The Morgan fingerprint density at radius 1 is 1.43 bits per heavy atom. The molecule has 0 saturated heterocycles. The normalized spacial score (nSPS) is 15.3. The van der Waals surface area contributed by atoms with E-state index in [-0.39, 0.29) is 24.3 Å². The number of rotatable bonds is 4. The Morgan fingerprint density at radius 2 is 1.86 bits per heavy atom.